The van der Waals surface area contributed by atoms with E-state index in [1.807, 2.05) is 30.0 Å². The number of alkyl halides is 3. The molecule has 0 bridgehead atoms. The average molecular weight is 467 g/mol. The van der Waals surface area contributed by atoms with Gasteiger partial charge in [-0.3, -0.25) is 4.79 Å². The third kappa shape index (κ3) is 4.51. The summed E-state index contributed by atoms with van der Waals surface area (Å²) in [7, 11) is 0. The number of carbonyl (C=O) groups is 1. The number of benzene rings is 1. The van der Waals surface area contributed by atoms with Crippen molar-refractivity contribution in [2.24, 2.45) is 5.41 Å². The van der Waals surface area contributed by atoms with Gasteiger partial charge < -0.3 is 4.90 Å². The standard InChI is InChI=1S/C25H24F3N5O/c1-16-3-5-19(22-29-9-2-10-30-22)20(11-16)23(34)33-15-24(7-8-24)12-18(33)4-6-21-31-13-17(14-32-21)25(26,27)28/h2-3,5,9-11,13-14,18H,4,6-8,12,15H2,1H3/t18-/m1/s1. The first-order chi connectivity index (χ1) is 16.2. The van der Waals surface area contributed by atoms with Crippen LogP contribution in [0.4, 0.5) is 13.2 Å². The highest BCUT2D eigenvalue weighted by Gasteiger charge is 2.53. The zero-order valence-corrected chi connectivity index (χ0v) is 18.7. The van der Waals surface area contributed by atoms with Crippen LogP contribution < -0.4 is 0 Å². The van der Waals surface area contributed by atoms with Crippen molar-refractivity contribution >= 4 is 5.91 Å². The van der Waals surface area contributed by atoms with Gasteiger partial charge in [0.1, 0.15) is 5.82 Å². The molecular formula is C25H24F3N5O. The van der Waals surface area contributed by atoms with Crippen LogP contribution in [0.5, 0.6) is 0 Å². The second kappa shape index (κ2) is 8.45. The van der Waals surface area contributed by atoms with Crippen LogP contribution in [0.15, 0.2) is 49.1 Å². The molecule has 0 unspecified atom stereocenters. The van der Waals surface area contributed by atoms with Gasteiger partial charge in [-0.05, 0) is 50.2 Å². The van der Waals surface area contributed by atoms with Crippen molar-refractivity contribution in [3.05, 3.63) is 71.6 Å². The fourth-order valence-electron chi connectivity index (χ4n) is 4.75. The topological polar surface area (TPSA) is 71.9 Å². The third-order valence-corrected chi connectivity index (χ3v) is 6.78. The Morgan fingerprint density at radius 1 is 1.12 bits per heavy atom. The van der Waals surface area contributed by atoms with Gasteiger partial charge in [-0.25, -0.2) is 19.9 Å². The predicted octanol–water partition coefficient (Wildman–Crippen LogP) is 4.89. The largest absolute Gasteiger partial charge is 0.419 e. The van der Waals surface area contributed by atoms with Gasteiger partial charge in [-0.15, -0.1) is 0 Å². The van der Waals surface area contributed by atoms with E-state index in [-0.39, 0.29) is 17.4 Å². The monoisotopic (exact) mass is 467 g/mol. The van der Waals surface area contributed by atoms with Crippen LogP contribution in [0.3, 0.4) is 0 Å². The third-order valence-electron chi connectivity index (χ3n) is 6.78. The molecule has 0 radical (unpaired) electrons. The predicted molar refractivity (Wildman–Crippen MR) is 119 cm³/mol. The number of carbonyl (C=O) groups excluding carboxylic acids is 1. The lowest BCUT2D eigenvalue weighted by molar-refractivity contribution is -0.138. The number of hydrogen-bond donors (Lipinski definition) is 0. The molecule has 1 spiro atoms. The van der Waals surface area contributed by atoms with Crippen LogP contribution in [-0.4, -0.2) is 43.3 Å². The summed E-state index contributed by atoms with van der Waals surface area (Å²) in [6, 6.07) is 7.41. The van der Waals surface area contributed by atoms with E-state index >= 15 is 0 Å². The van der Waals surface area contributed by atoms with E-state index < -0.39 is 11.7 Å². The summed E-state index contributed by atoms with van der Waals surface area (Å²) in [6.45, 7) is 2.63. The second-order valence-electron chi connectivity index (χ2n) is 9.34. The van der Waals surface area contributed by atoms with Gasteiger partial charge in [0.25, 0.3) is 5.91 Å². The fourth-order valence-corrected chi connectivity index (χ4v) is 4.75. The highest BCUT2D eigenvalue weighted by atomic mass is 19.4. The number of likely N-dealkylation sites (tertiary alicyclic amines) is 1. The molecule has 9 heteroatoms. The van der Waals surface area contributed by atoms with Crippen LogP contribution >= 0.6 is 0 Å². The molecule has 34 heavy (non-hydrogen) atoms. The Bertz CT molecular complexity index is 1190. The smallest absolute Gasteiger partial charge is 0.335 e. The lowest BCUT2D eigenvalue weighted by Gasteiger charge is -2.26. The van der Waals surface area contributed by atoms with E-state index in [1.54, 1.807) is 18.5 Å². The van der Waals surface area contributed by atoms with Crippen molar-refractivity contribution in [1.82, 2.24) is 24.8 Å². The van der Waals surface area contributed by atoms with Crippen molar-refractivity contribution < 1.29 is 18.0 Å². The maximum absolute atomic E-state index is 13.8. The quantitative estimate of drug-likeness (QED) is 0.534. The maximum atomic E-state index is 13.8. The van der Waals surface area contributed by atoms with Crippen LogP contribution in [0.25, 0.3) is 11.4 Å². The lowest BCUT2D eigenvalue weighted by Crippen LogP contribution is -2.36. The van der Waals surface area contributed by atoms with E-state index in [4.69, 9.17) is 0 Å². The zero-order valence-electron chi connectivity index (χ0n) is 18.7. The Hall–Kier alpha value is -3.36. The summed E-state index contributed by atoms with van der Waals surface area (Å²) in [4.78, 5) is 32.2. The molecule has 1 aromatic carbocycles. The number of halogens is 3. The van der Waals surface area contributed by atoms with Gasteiger partial charge in [0.15, 0.2) is 5.82 Å². The van der Waals surface area contributed by atoms with Crippen LogP contribution in [-0.2, 0) is 12.6 Å². The Morgan fingerprint density at radius 2 is 1.82 bits per heavy atom. The van der Waals surface area contributed by atoms with Gasteiger partial charge in [0, 0.05) is 49.4 Å². The number of aryl methyl sites for hydroxylation is 2. The number of amides is 1. The van der Waals surface area contributed by atoms with Crippen molar-refractivity contribution in [2.75, 3.05) is 6.54 Å². The van der Waals surface area contributed by atoms with Crippen LogP contribution in [0.2, 0.25) is 0 Å². The average Bonchev–Trinajstić information content (AvgIpc) is 3.48. The molecule has 2 aliphatic rings. The Labute approximate surface area is 195 Å². The van der Waals surface area contributed by atoms with Crippen molar-refractivity contribution in [3.63, 3.8) is 0 Å². The van der Waals surface area contributed by atoms with Crippen molar-refractivity contribution in [3.8, 4) is 11.4 Å². The van der Waals surface area contributed by atoms with E-state index in [2.05, 4.69) is 19.9 Å². The SMILES string of the molecule is Cc1ccc(-c2ncccn2)c(C(=O)N2CC3(CC3)C[C@H]2CCc2ncc(C(F)(F)F)cn2)c1. The first kappa shape index (κ1) is 22.4. The molecule has 2 fully saturated rings. The molecule has 5 rings (SSSR count). The normalized spacial score (nSPS) is 18.9. The Balaban J connectivity index is 1.37. The maximum Gasteiger partial charge on any atom is 0.419 e. The summed E-state index contributed by atoms with van der Waals surface area (Å²) in [5.74, 6) is 0.792. The summed E-state index contributed by atoms with van der Waals surface area (Å²) in [6.07, 6.45) is 4.56. The Kier molecular flexibility index (Phi) is 5.58. The molecule has 1 aliphatic heterocycles. The second-order valence-corrected chi connectivity index (χ2v) is 9.34. The van der Waals surface area contributed by atoms with Crippen LogP contribution in [0, 0.1) is 12.3 Å². The van der Waals surface area contributed by atoms with E-state index in [0.29, 0.717) is 42.2 Å². The van der Waals surface area contributed by atoms with E-state index in [1.165, 1.54) is 0 Å². The Morgan fingerprint density at radius 3 is 2.47 bits per heavy atom. The molecule has 2 aromatic heterocycles. The molecule has 3 aromatic rings. The molecule has 3 heterocycles. The molecular weight excluding hydrogens is 443 g/mol. The minimum atomic E-state index is -4.46. The summed E-state index contributed by atoms with van der Waals surface area (Å²) < 4.78 is 38.4. The highest BCUT2D eigenvalue weighted by molar-refractivity contribution is 6.00. The minimum absolute atomic E-state index is 0.0223. The molecule has 1 amide bonds. The summed E-state index contributed by atoms with van der Waals surface area (Å²) in [5, 5.41) is 0. The summed E-state index contributed by atoms with van der Waals surface area (Å²) in [5.41, 5.74) is 1.53. The van der Waals surface area contributed by atoms with E-state index in [9.17, 15) is 18.0 Å². The van der Waals surface area contributed by atoms with Gasteiger partial charge in [0.05, 0.1) is 11.1 Å². The van der Waals surface area contributed by atoms with Crippen LogP contribution in [0.1, 0.15) is 53.0 Å². The molecule has 176 valence electrons. The molecule has 0 N–H and O–H groups in total. The van der Waals surface area contributed by atoms with Crippen molar-refractivity contribution in [2.45, 2.75) is 51.2 Å². The van der Waals surface area contributed by atoms with E-state index in [0.717, 1.165) is 37.2 Å². The molecule has 1 saturated heterocycles. The molecule has 1 saturated carbocycles. The molecule has 1 aliphatic carbocycles. The van der Waals surface area contributed by atoms with Crippen molar-refractivity contribution in [1.29, 1.82) is 0 Å². The van der Waals surface area contributed by atoms with Gasteiger partial charge >= 0.3 is 6.18 Å². The highest BCUT2D eigenvalue weighted by Crippen LogP contribution is 2.55. The first-order valence-electron chi connectivity index (χ1n) is 11.3. The molecule has 6 nitrogen and oxygen atoms in total. The number of nitrogens with zero attached hydrogens (tertiary/aromatic N) is 5. The fraction of sp³-hybridized carbons (Fsp3) is 0.400. The first-order valence-corrected chi connectivity index (χ1v) is 11.3. The number of aromatic nitrogens is 4. The summed E-state index contributed by atoms with van der Waals surface area (Å²) >= 11 is 0. The van der Waals surface area contributed by atoms with Gasteiger partial charge in [-0.2, -0.15) is 13.2 Å². The lowest BCUT2D eigenvalue weighted by atomic mass is 9.99. The number of hydrogen-bond acceptors (Lipinski definition) is 5. The molecule has 1 atom stereocenters. The zero-order chi connectivity index (χ0) is 23.9. The van der Waals surface area contributed by atoms with Gasteiger partial charge in [-0.1, -0.05) is 17.7 Å². The minimum Gasteiger partial charge on any atom is -0.335 e. The van der Waals surface area contributed by atoms with Gasteiger partial charge in [0.2, 0.25) is 0 Å². The number of rotatable bonds is 5.